The van der Waals surface area contributed by atoms with Gasteiger partial charge in [-0.3, -0.25) is 0 Å². The van der Waals surface area contributed by atoms with E-state index >= 15 is 0 Å². The molecule has 1 heterocycles. The van der Waals surface area contributed by atoms with Crippen LogP contribution in [0.2, 0.25) is 0 Å². The summed E-state index contributed by atoms with van der Waals surface area (Å²) in [5, 5.41) is 0. The molecule has 2 nitrogen and oxygen atoms in total. The van der Waals surface area contributed by atoms with Crippen LogP contribution in [0.4, 0.5) is 0 Å². The maximum Gasteiger partial charge on any atom is 0.159 e. The topological polar surface area (TPSA) is 25.8 Å². The average molecular weight is 463 g/mol. The molecule has 1 fully saturated rings. The fourth-order valence-electron chi connectivity index (χ4n) is 6.10. The number of benzene rings is 1. The summed E-state index contributed by atoms with van der Waals surface area (Å²) in [6.07, 6.45) is 23.4. The molecule has 1 aliphatic rings. The van der Waals surface area contributed by atoms with E-state index < -0.39 is 0 Å². The number of hydrogen-bond acceptors (Lipinski definition) is 2. The van der Waals surface area contributed by atoms with Crippen LogP contribution in [-0.2, 0) is 6.42 Å². The Bertz CT molecular complexity index is 787. The molecule has 2 unspecified atom stereocenters. The number of aryl methyl sites for hydroxylation is 1. The first kappa shape index (κ1) is 26.9. The lowest BCUT2D eigenvalue weighted by molar-refractivity contribution is 0.176. The molecule has 1 aromatic carbocycles. The van der Waals surface area contributed by atoms with Gasteiger partial charge in [-0.25, -0.2) is 9.97 Å². The zero-order valence-corrected chi connectivity index (χ0v) is 22.6. The summed E-state index contributed by atoms with van der Waals surface area (Å²) in [4.78, 5) is 9.45. The van der Waals surface area contributed by atoms with Gasteiger partial charge in [0.1, 0.15) is 0 Å². The molecule has 1 aromatic heterocycles. The van der Waals surface area contributed by atoms with Gasteiger partial charge in [-0.05, 0) is 66.9 Å². The predicted molar refractivity (Wildman–Crippen MR) is 147 cm³/mol. The minimum Gasteiger partial charge on any atom is -0.236 e. The molecular weight excluding hydrogens is 412 g/mol. The van der Waals surface area contributed by atoms with E-state index in [1.807, 2.05) is 0 Å². The fraction of sp³-hybridized carbons (Fsp3) is 0.688. The van der Waals surface area contributed by atoms with E-state index in [0.717, 1.165) is 35.6 Å². The Morgan fingerprint density at radius 3 is 2.12 bits per heavy atom. The van der Waals surface area contributed by atoms with Crippen molar-refractivity contribution in [2.24, 2.45) is 17.8 Å². The third-order valence-corrected chi connectivity index (χ3v) is 8.40. The molecule has 0 saturated heterocycles. The smallest absolute Gasteiger partial charge is 0.159 e. The molecule has 0 radical (unpaired) electrons. The SMILES string of the molecule is CCCCCC1CCC(C(CCC)CCC(C)c2cnc(-c3ccc(CCC)cc3)nc2)CC1. The molecule has 0 N–H and O–H groups in total. The summed E-state index contributed by atoms with van der Waals surface area (Å²) < 4.78 is 0. The lowest BCUT2D eigenvalue weighted by atomic mass is 9.71. The minimum absolute atomic E-state index is 0.533. The van der Waals surface area contributed by atoms with Crippen molar-refractivity contribution in [1.82, 2.24) is 9.97 Å². The minimum atomic E-state index is 0.533. The van der Waals surface area contributed by atoms with E-state index in [-0.39, 0.29) is 0 Å². The van der Waals surface area contributed by atoms with Gasteiger partial charge in [0.2, 0.25) is 0 Å². The largest absolute Gasteiger partial charge is 0.236 e. The van der Waals surface area contributed by atoms with Gasteiger partial charge in [-0.15, -0.1) is 0 Å². The molecule has 2 atom stereocenters. The Kier molecular flexibility index (Phi) is 11.6. The first-order valence-electron chi connectivity index (χ1n) is 14.6. The molecule has 188 valence electrons. The Labute approximate surface area is 210 Å². The van der Waals surface area contributed by atoms with Crippen LogP contribution in [0.3, 0.4) is 0 Å². The molecular formula is C32H50N2. The third kappa shape index (κ3) is 8.21. The van der Waals surface area contributed by atoms with Crippen LogP contribution in [0.1, 0.15) is 128 Å². The summed E-state index contributed by atoms with van der Waals surface area (Å²) in [7, 11) is 0. The van der Waals surface area contributed by atoms with Crippen molar-refractivity contribution < 1.29 is 0 Å². The quantitative estimate of drug-likeness (QED) is 0.261. The van der Waals surface area contributed by atoms with E-state index in [1.165, 1.54) is 94.6 Å². The van der Waals surface area contributed by atoms with Crippen molar-refractivity contribution in [3.63, 3.8) is 0 Å². The second-order valence-electron chi connectivity index (χ2n) is 11.1. The normalized spacial score (nSPS) is 20.2. The van der Waals surface area contributed by atoms with Crippen LogP contribution < -0.4 is 0 Å². The second-order valence-corrected chi connectivity index (χ2v) is 11.1. The van der Waals surface area contributed by atoms with Gasteiger partial charge in [0.15, 0.2) is 5.82 Å². The van der Waals surface area contributed by atoms with E-state index in [2.05, 4.69) is 64.4 Å². The fourth-order valence-corrected chi connectivity index (χ4v) is 6.10. The summed E-state index contributed by atoms with van der Waals surface area (Å²) in [5.74, 6) is 4.27. The molecule has 1 saturated carbocycles. The van der Waals surface area contributed by atoms with E-state index in [1.54, 1.807) is 0 Å². The molecule has 2 heteroatoms. The van der Waals surface area contributed by atoms with Crippen LogP contribution in [0, 0.1) is 17.8 Å². The van der Waals surface area contributed by atoms with E-state index in [0.29, 0.717) is 5.92 Å². The van der Waals surface area contributed by atoms with Crippen molar-refractivity contribution >= 4 is 0 Å². The van der Waals surface area contributed by atoms with Gasteiger partial charge in [-0.2, -0.15) is 0 Å². The highest BCUT2D eigenvalue weighted by Crippen LogP contribution is 2.40. The van der Waals surface area contributed by atoms with Crippen LogP contribution >= 0.6 is 0 Å². The maximum atomic E-state index is 4.73. The highest BCUT2D eigenvalue weighted by Gasteiger charge is 2.27. The second kappa shape index (κ2) is 14.6. The van der Waals surface area contributed by atoms with Gasteiger partial charge in [0.25, 0.3) is 0 Å². The lowest BCUT2D eigenvalue weighted by Gasteiger charge is -2.34. The Balaban J connectivity index is 1.49. The van der Waals surface area contributed by atoms with Crippen LogP contribution in [0.15, 0.2) is 36.7 Å². The summed E-state index contributed by atoms with van der Waals surface area (Å²) in [5.41, 5.74) is 3.80. The Hall–Kier alpha value is -1.70. The zero-order chi connectivity index (χ0) is 24.2. The van der Waals surface area contributed by atoms with Gasteiger partial charge in [-0.1, -0.05) is 110 Å². The summed E-state index contributed by atoms with van der Waals surface area (Å²) in [6, 6.07) is 8.76. The maximum absolute atomic E-state index is 4.73. The monoisotopic (exact) mass is 462 g/mol. The molecule has 1 aliphatic carbocycles. The predicted octanol–water partition coefficient (Wildman–Crippen LogP) is 9.78. The third-order valence-electron chi connectivity index (χ3n) is 8.40. The first-order chi connectivity index (χ1) is 16.6. The molecule has 34 heavy (non-hydrogen) atoms. The molecule has 2 aromatic rings. The lowest BCUT2D eigenvalue weighted by Crippen LogP contribution is -2.22. The number of hydrogen-bond donors (Lipinski definition) is 0. The highest BCUT2D eigenvalue weighted by molar-refractivity contribution is 5.55. The van der Waals surface area contributed by atoms with Gasteiger partial charge in [0, 0.05) is 18.0 Å². The van der Waals surface area contributed by atoms with Crippen molar-refractivity contribution in [3.8, 4) is 11.4 Å². The molecule has 0 amide bonds. The van der Waals surface area contributed by atoms with E-state index in [9.17, 15) is 0 Å². The molecule has 0 bridgehead atoms. The van der Waals surface area contributed by atoms with Crippen molar-refractivity contribution in [2.75, 3.05) is 0 Å². The van der Waals surface area contributed by atoms with E-state index in [4.69, 9.17) is 9.97 Å². The van der Waals surface area contributed by atoms with Gasteiger partial charge >= 0.3 is 0 Å². The van der Waals surface area contributed by atoms with Gasteiger partial charge in [0.05, 0.1) is 0 Å². The molecule has 0 aliphatic heterocycles. The van der Waals surface area contributed by atoms with Crippen molar-refractivity contribution in [1.29, 1.82) is 0 Å². The average Bonchev–Trinajstić information content (AvgIpc) is 2.88. The summed E-state index contributed by atoms with van der Waals surface area (Å²) >= 11 is 0. The number of rotatable bonds is 14. The van der Waals surface area contributed by atoms with Gasteiger partial charge < -0.3 is 0 Å². The van der Waals surface area contributed by atoms with Crippen LogP contribution in [0.25, 0.3) is 11.4 Å². The Morgan fingerprint density at radius 2 is 1.50 bits per heavy atom. The standard InChI is InChI=1S/C32H50N2/c1-5-8-9-12-27-14-19-29(20-15-27)28(11-7-3)18-13-25(4)31-23-33-32(34-24-31)30-21-16-26(10-6-2)17-22-30/h16-17,21-25,27-29H,5-15,18-20H2,1-4H3. The molecule has 3 rings (SSSR count). The van der Waals surface area contributed by atoms with Crippen molar-refractivity contribution in [3.05, 3.63) is 47.8 Å². The zero-order valence-electron chi connectivity index (χ0n) is 22.6. The first-order valence-corrected chi connectivity index (χ1v) is 14.6. The summed E-state index contributed by atoms with van der Waals surface area (Å²) in [6.45, 7) is 9.28. The van der Waals surface area contributed by atoms with Crippen LogP contribution in [-0.4, -0.2) is 9.97 Å². The van der Waals surface area contributed by atoms with Crippen LogP contribution in [0.5, 0.6) is 0 Å². The number of nitrogens with zero attached hydrogens (tertiary/aromatic N) is 2. The van der Waals surface area contributed by atoms with Crippen molar-refractivity contribution in [2.45, 2.75) is 124 Å². The number of aromatic nitrogens is 2. The number of unbranched alkanes of at least 4 members (excludes halogenated alkanes) is 2. The highest BCUT2D eigenvalue weighted by atomic mass is 14.9. The molecule has 0 spiro atoms. The Morgan fingerprint density at radius 1 is 0.794 bits per heavy atom.